The van der Waals surface area contributed by atoms with Gasteiger partial charge in [-0.05, 0) is 43.9 Å². The minimum atomic E-state index is -0.504. The lowest BCUT2D eigenvalue weighted by Crippen LogP contribution is -2.48. The molecule has 1 heterocycles. The fraction of sp³-hybridized carbons (Fsp3) is 0.556. The first kappa shape index (κ1) is 18.1. The predicted molar refractivity (Wildman–Crippen MR) is 91.3 cm³/mol. The molecule has 6 nitrogen and oxygen atoms in total. The second-order valence-electron chi connectivity index (χ2n) is 6.04. The Morgan fingerprint density at radius 3 is 2.42 bits per heavy atom. The number of hydrogen-bond acceptors (Lipinski definition) is 4. The average Bonchev–Trinajstić information content (AvgIpc) is 2.61. The molecule has 0 aromatic heterocycles. The number of carbonyl (C=O) groups excluding carboxylic acids is 2. The van der Waals surface area contributed by atoms with E-state index in [2.05, 4.69) is 5.32 Å². The molecular weight excluding hydrogens is 308 g/mol. The first-order valence-electron chi connectivity index (χ1n) is 8.34. The molecule has 132 valence electrons. The lowest BCUT2D eigenvalue weighted by Gasteiger charge is -2.29. The lowest BCUT2D eigenvalue weighted by molar-refractivity contribution is -0.136. The van der Waals surface area contributed by atoms with E-state index in [1.807, 2.05) is 11.0 Å². The Kier molecular flexibility index (Phi) is 6.46. The number of benzene rings is 1. The van der Waals surface area contributed by atoms with Gasteiger partial charge in [-0.3, -0.25) is 9.59 Å². The van der Waals surface area contributed by atoms with Crippen molar-refractivity contribution in [1.82, 2.24) is 10.2 Å². The fourth-order valence-electron chi connectivity index (χ4n) is 2.92. The van der Waals surface area contributed by atoms with Crippen molar-refractivity contribution in [3.8, 4) is 11.5 Å². The molecule has 0 bridgehead atoms. The number of hydrogen-bond donors (Lipinski definition) is 1. The van der Waals surface area contributed by atoms with Crippen molar-refractivity contribution < 1.29 is 19.1 Å². The van der Waals surface area contributed by atoms with Crippen molar-refractivity contribution in [2.45, 2.75) is 38.6 Å². The van der Waals surface area contributed by atoms with Crippen molar-refractivity contribution in [3.05, 3.63) is 23.8 Å². The normalized spacial score (nSPS) is 15.5. The van der Waals surface area contributed by atoms with Crippen LogP contribution >= 0.6 is 0 Å². The summed E-state index contributed by atoms with van der Waals surface area (Å²) >= 11 is 0. The maximum atomic E-state index is 12.3. The van der Waals surface area contributed by atoms with Gasteiger partial charge in [0.1, 0.15) is 6.04 Å². The second-order valence-corrected chi connectivity index (χ2v) is 6.04. The van der Waals surface area contributed by atoms with E-state index >= 15 is 0 Å². The fourth-order valence-corrected chi connectivity index (χ4v) is 2.92. The number of nitrogens with zero attached hydrogens (tertiary/aromatic N) is 1. The van der Waals surface area contributed by atoms with E-state index in [9.17, 15) is 9.59 Å². The van der Waals surface area contributed by atoms with E-state index in [4.69, 9.17) is 9.47 Å². The Balaban J connectivity index is 1.91. The molecule has 1 saturated heterocycles. The largest absolute Gasteiger partial charge is 0.493 e. The Morgan fingerprint density at radius 1 is 1.12 bits per heavy atom. The van der Waals surface area contributed by atoms with Crippen LogP contribution in [0.25, 0.3) is 0 Å². The van der Waals surface area contributed by atoms with Crippen molar-refractivity contribution in [2.24, 2.45) is 0 Å². The molecule has 1 fully saturated rings. The van der Waals surface area contributed by atoms with Crippen LogP contribution in [0.3, 0.4) is 0 Å². The molecule has 1 aliphatic rings. The van der Waals surface area contributed by atoms with E-state index in [0.29, 0.717) is 11.5 Å². The smallest absolute Gasteiger partial charge is 0.244 e. The van der Waals surface area contributed by atoms with Gasteiger partial charge in [0.25, 0.3) is 0 Å². The maximum absolute atomic E-state index is 12.3. The number of carbonyl (C=O) groups is 2. The summed E-state index contributed by atoms with van der Waals surface area (Å²) in [5, 5.41) is 2.79. The Labute approximate surface area is 143 Å². The zero-order chi connectivity index (χ0) is 17.5. The third kappa shape index (κ3) is 4.63. The van der Waals surface area contributed by atoms with Gasteiger partial charge < -0.3 is 19.7 Å². The van der Waals surface area contributed by atoms with Gasteiger partial charge in [0.2, 0.25) is 11.8 Å². The van der Waals surface area contributed by atoms with Gasteiger partial charge in [-0.25, -0.2) is 0 Å². The maximum Gasteiger partial charge on any atom is 0.244 e. The molecule has 1 N–H and O–H groups in total. The number of ether oxygens (including phenoxy) is 2. The Bertz CT molecular complexity index is 582. The quantitative estimate of drug-likeness (QED) is 0.861. The summed E-state index contributed by atoms with van der Waals surface area (Å²) < 4.78 is 10.4. The summed E-state index contributed by atoms with van der Waals surface area (Å²) in [5.41, 5.74) is 0.808. The minimum absolute atomic E-state index is 0.00429. The first-order chi connectivity index (χ1) is 11.5. The first-order valence-corrected chi connectivity index (χ1v) is 8.34. The third-order valence-corrected chi connectivity index (χ3v) is 4.23. The Morgan fingerprint density at radius 2 is 1.79 bits per heavy atom. The van der Waals surface area contributed by atoms with Gasteiger partial charge in [0, 0.05) is 13.1 Å². The molecule has 1 atom stereocenters. The second kappa shape index (κ2) is 8.57. The molecule has 2 rings (SSSR count). The number of likely N-dealkylation sites (tertiary alicyclic amines) is 1. The highest BCUT2D eigenvalue weighted by Crippen LogP contribution is 2.27. The van der Waals surface area contributed by atoms with Crippen LogP contribution in [0.2, 0.25) is 0 Å². The molecule has 1 aliphatic heterocycles. The number of methoxy groups -OCH3 is 2. The zero-order valence-corrected chi connectivity index (χ0v) is 14.6. The lowest BCUT2D eigenvalue weighted by atomic mass is 10.1. The molecule has 1 aromatic carbocycles. The molecule has 1 aromatic rings. The highest BCUT2D eigenvalue weighted by molar-refractivity contribution is 5.88. The molecule has 24 heavy (non-hydrogen) atoms. The molecule has 0 radical (unpaired) electrons. The molecule has 2 amide bonds. The van der Waals surface area contributed by atoms with Crippen LogP contribution in [0.15, 0.2) is 18.2 Å². The van der Waals surface area contributed by atoms with Crippen LogP contribution in [0.1, 0.15) is 31.7 Å². The van der Waals surface area contributed by atoms with Crippen LogP contribution in [0.5, 0.6) is 11.5 Å². The summed E-state index contributed by atoms with van der Waals surface area (Å²) in [5.74, 6) is 1.02. The van der Waals surface area contributed by atoms with Gasteiger partial charge in [0.15, 0.2) is 11.5 Å². The molecular formula is C18H26N2O4. The summed E-state index contributed by atoms with van der Waals surface area (Å²) in [6.45, 7) is 3.31. The van der Waals surface area contributed by atoms with Crippen molar-refractivity contribution in [2.75, 3.05) is 27.3 Å². The van der Waals surface area contributed by atoms with E-state index < -0.39 is 6.04 Å². The molecule has 0 saturated carbocycles. The molecule has 0 spiro atoms. The molecule has 0 aliphatic carbocycles. The number of rotatable bonds is 6. The van der Waals surface area contributed by atoms with Crippen LogP contribution in [0.4, 0.5) is 0 Å². The van der Waals surface area contributed by atoms with E-state index in [1.165, 1.54) is 6.42 Å². The van der Waals surface area contributed by atoms with Crippen LogP contribution in [0, 0.1) is 0 Å². The van der Waals surface area contributed by atoms with Crippen LogP contribution < -0.4 is 14.8 Å². The number of nitrogens with one attached hydrogen (secondary N) is 1. The summed E-state index contributed by atoms with van der Waals surface area (Å²) in [7, 11) is 3.12. The van der Waals surface area contributed by atoms with Crippen molar-refractivity contribution in [1.29, 1.82) is 0 Å². The monoisotopic (exact) mass is 334 g/mol. The highest BCUT2D eigenvalue weighted by atomic mass is 16.5. The number of piperidine rings is 1. The van der Waals surface area contributed by atoms with E-state index in [-0.39, 0.29) is 18.2 Å². The minimum Gasteiger partial charge on any atom is -0.493 e. The number of amides is 2. The van der Waals surface area contributed by atoms with Crippen LogP contribution in [-0.4, -0.2) is 50.1 Å². The highest BCUT2D eigenvalue weighted by Gasteiger charge is 2.23. The molecule has 0 unspecified atom stereocenters. The third-order valence-electron chi connectivity index (χ3n) is 4.23. The standard InChI is InChI=1S/C18H26N2O4/c1-13(18(22)20-9-5-4-6-10-20)19-17(21)12-14-7-8-15(23-2)16(11-14)24-3/h7-8,11,13H,4-6,9-10,12H2,1-3H3,(H,19,21)/t13-/m0/s1. The van der Waals surface area contributed by atoms with Gasteiger partial charge in [-0.2, -0.15) is 0 Å². The summed E-state index contributed by atoms with van der Waals surface area (Å²) in [6.07, 6.45) is 3.44. The SMILES string of the molecule is COc1ccc(CC(=O)N[C@@H](C)C(=O)N2CCCCC2)cc1OC. The van der Waals surface area contributed by atoms with Gasteiger partial charge in [-0.1, -0.05) is 6.07 Å². The van der Waals surface area contributed by atoms with Gasteiger partial charge in [-0.15, -0.1) is 0 Å². The predicted octanol–water partition coefficient (Wildman–Crippen LogP) is 1.76. The zero-order valence-electron chi connectivity index (χ0n) is 14.6. The van der Waals surface area contributed by atoms with E-state index in [1.54, 1.807) is 33.3 Å². The van der Waals surface area contributed by atoms with Crippen molar-refractivity contribution in [3.63, 3.8) is 0 Å². The van der Waals surface area contributed by atoms with Gasteiger partial charge in [0.05, 0.1) is 20.6 Å². The summed E-state index contributed by atoms with van der Waals surface area (Å²) in [4.78, 5) is 26.4. The summed E-state index contributed by atoms with van der Waals surface area (Å²) in [6, 6.07) is 4.85. The van der Waals surface area contributed by atoms with Crippen LogP contribution in [-0.2, 0) is 16.0 Å². The topological polar surface area (TPSA) is 67.9 Å². The van der Waals surface area contributed by atoms with Crippen molar-refractivity contribution >= 4 is 11.8 Å². The van der Waals surface area contributed by atoms with Gasteiger partial charge >= 0.3 is 0 Å². The average molecular weight is 334 g/mol. The molecule has 6 heteroatoms. The van der Waals surface area contributed by atoms with E-state index in [0.717, 1.165) is 31.5 Å². The Hall–Kier alpha value is -2.24.